The van der Waals surface area contributed by atoms with Crippen molar-refractivity contribution in [2.45, 2.75) is 58.7 Å². The molecule has 1 aliphatic rings. The number of alkyl halides is 3. The topological polar surface area (TPSA) is 44.1 Å². The summed E-state index contributed by atoms with van der Waals surface area (Å²) in [6.45, 7) is 3.93. The summed E-state index contributed by atoms with van der Waals surface area (Å²) in [5.74, 6) is -0.966. The van der Waals surface area contributed by atoms with Crippen molar-refractivity contribution in [1.29, 1.82) is 0 Å². The minimum Gasteiger partial charge on any atom is -0.461 e. The molecule has 0 spiro atoms. The molecule has 1 heterocycles. The molecule has 1 saturated carbocycles. The molecular weight excluding hydrogens is 297 g/mol. The van der Waals surface area contributed by atoms with Gasteiger partial charge in [-0.25, -0.2) is 4.79 Å². The Kier molecular flexibility index (Phi) is 4.82. The molecule has 0 bridgehead atoms. The molecule has 4 nitrogen and oxygen atoms in total. The molecule has 22 heavy (non-hydrogen) atoms. The van der Waals surface area contributed by atoms with Crippen molar-refractivity contribution in [2.24, 2.45) is 5.41 Å². The molecule has 0 unspecified atom stereocenters. The van der Waals surface area contributed by atoms with E-state index in [1.54, 1.807) is 6.92 Å². The maximum Gasteiger partial charge on any atom is 0.420 e. The van der Waals surface area contributed by atoms with Crippen molar-refractivity contribution in [2.75, 3.05) is 6.61 Å². The van der Waals surface area contributed by atoms with E-state index in [0.717, 1.165) is 38.3 Å². The second kappa shape index (κ2) is 6.30. The smallest absolute Gasteiger partial charge is 0.420 e. The van der Waals surface area contributed by atoms with Gasteiger partial charge in [0, 0.05) is 6.54 Å². The van der Waals surface area contributed by atoms with Gasteiger partial charge in [0.1, 0.15) is 5.56 Å². The number of aromatic nitrogens is 2. The van der Waals surface area contributed by atoms with Gasteiger partial charge in [-0.3, -0.25) is 4.68 Å². The average molecular weight is 318 g/mol. The van der Waals surface area contributed by atoms with E-state index in [2.05, 4.69) is 5.10 Å². The lowest BCUT2D eigenvalue weighted by Crippen LogP contribution is -2.29. The van der Waals surface area contributed by atoms with Crippen molar-refractivity contribution >= 4 is 5.97 Å². The lowest BCUT2D eigenvalue weighted by molar-refractivity contribution is -0.138. The van der Waals surface area contributed by atoms with Crippen LogP contribution >= 0.6 is 0 Å². The Bertz CT molecular complexity index is 531. The number of esters is 1. The lowest BCUT2D eigenvalue weighted by Gasteiger charge is -2.33. The summed E-state index contributed by atoms with van der Waals surface area (Å²) in [5, 5.41) is 3.82. The van der Waals surface area contributed by atoms with Gasteiger partial charge in [-0.15, -0.1) is 0 Å². The van der Waals surface area contributed by atoms with Gasteiger partial charge in [0.2, 0.25) is 0 Å². The molecule has 7 heteroatoms. The van der Waals surface area contributed by atoms with Crippen LogP contribution in [0.1, 0.15) is 62.0 Å². The first-order chi connectivity index (χ1) is 10.3. The molecule has 2 rings (SSSR count). The highest BCUT2D eigenvalue weighted by Crippen LogP contribution is 2.39. The highest BCUT2D eigenvalue weighted by molar-refractivity contribution is 5.89. The van der Waals surface area contributed by atoms with E-state index in [-0.39, 0.29) is 12.0 Å². The monoisotopic (exact) mass is 318 g/mol. The van der Waals surface area contributed by atoms with Gasteiger partial charge in [0.15, 0.2) is 5.69 Å². The molecule has 0 aliphatic heterocycles. The Labute approximate surface area is 127 Å². The second-order valence-corrected chi connectivity index (χ2v) is 6.15. The molecule has 124 valence electrons. The van der Waals surface area contributed by atoms with Crippen LogP contribution in [0, 0.1) is 5.41 Å². The summed E-state index contributed by atoms with van der Waals surface area (Å²) in [4.78, 5) is 12.0. The van der Waals surface area contributed by atoms with E-state index in [4.69, 9.17) is 4.74 Å². The predicted molar refractivity (Wildman–Crippen MR) is 74.4 cm³/mol. The SMILES string of the molecule is CCOC(=O)c1c(C(F)(F)F)cnn1CC1(C)CCCCC1. The Morgan fingerprint density at radius 1 is 1.36 bits per heavy atom. The van der Waals surface area contributed by atoms with Crippen molar-refractivity contribution in [3.8, 4) is 0 Å². The molecule has 0 N–H and O–H groups in total. The fourth-order valence-electron chi connectivity index (χ4n) is 3.05. The van der Waals surface area contributed by atoms with Gasteiger partial charge in [0.05, 0.1) is 12.8 Å². The molecule has 1 aromatic rings. The Morgan fingerprint density at radius 3 is 2.55 bits per heavy atom. The zero-order chi connectivity index (χ0) is 16.4. The molecule has 1 fully saturated rings. The van der Waals surface area contributed by atoms with Crippen LogP contribution in [-0.2, 0) is 17.5 Å². The van der Waals surface area contributed by atoms with Gasteiger partial charge in [-0.1, -0.05) is 26.2 Å². The van der Waals surface area contributed by atoms with Crippen molar-refractivity contribution in [1.82, 2.24) is 9.78 Å². The molecule has 1 aromatic heterocycles. The molecule has 0 saturated heterocycles. The molecule has 0 aromatic carbocycles. The normalized spacial score (nSPS) is 18.2. The first kappa shape index (κ1) is 16.8. The van der Waals surface area contributed by atoms with Gasteiger partial charge < -0.3 is 4.74 Å². The van der Waals surface area contributed by atoms with Gasteiger partial charge in [-0.2, -0.15) is 18.3 Å². The summed E-state index contributed by atoms with van der Waals surface area (Å²) in [7, 11) is 0. The van der Waals surface area contributed by atoms with E-state index >= 15 is 0 Å². The maximum absolute atomic E-state index is 13.1. The van der Waals surface area contributed by atoms with E-state index < -0.39 is 23.4 Å². The van der Waals surface area contributed by atoms with Gasteiger partial charge >= 0.3 is 12.1 Å². The number of hydrogen-bond donors (Lipinski definition) is 0. The van der Waals surface area contributed by atoms with Crippen LogP contribution in [0.4, 0.5) is 13.2 Å². The van der Waals surface area contributed by atoms with Crippen LogP contribution in [0.5, 0.6) is 0 Å². The minimum atomic E-state index is -4.62. The second-order valence-electron chi connectivity index (χ2n) is 6.15. The lowest BCUT2D eigenvalue weighted by atomic mass is 9.76. The van der Waals surface area contributed by atoms with Crippen LogP contribution < -0.4 is 0 Å². The van der Waals surface area contributed by atoms with Crippen molar-refractivity contribution < 1.29 is 22.7 Å². The summed E-state index contributed by atoms with van der Waals surface area (Å²) in [5.41, 5.74) is -1.64. The third kappa shape index (κ3) is 3.62. The Balaban J connectivity index is 2.34. The number of carbonyl (C=O) groups is 1. The summed E-state index contributed by atoms with van der Waals surface area (Å²) in [6, 6.07) is 0. The first-order valence-corrected chi connectivity index (χ1v) is 7.57. The zero-order valence-electron chi connectivity index (χ0n) is 12.9. The van der Waals surface area contributed by atoms with Crippen LogP contribution in [0.2, 0.25) is 0 Å². The van der Waals surface area contributed by atoms with Crippen LogP contribution in [0.15, 0.2) is 6.20 Å². The standard InChI is InChI=1S/C15H21F3N2O2/c1-3-22-13(21)12-11(15(16,17)18)9-19-20(12)10-14(2)7-5-4-6-8-14/h9H,3-8,10H2,1-2H3. The van der Waals surface area contributed by atoms with Crippen LogP contribution in [0.25, 0.3) is 0 Å². The Hall–Kier alpha value is -1.53. The van der Waals surface area contributed by atoms with Crippen molar-refractivity contribution in [3.63, 3.8) is 0 Å². The highest BCUT2D eigenvalue weighted by atomic mass is 19.4. The molecule has 1 aliphatic carbocycles. The largest absolute Gasteiger partial charge is 0.461 e. The van der Waals surface area contributed by atoms with Crippen LogP contribution in [-0.4, -0.2) is 22.4 Å². The molecule has 0 radical (unpaired) electrons. The number of nitrogens with zero attached hydrogens (tertiary/aromatic N) is 2. The fourth-order valence-corrected chi connectivity index (χ4v) is 3.05. The molecular formula is C15H21F3N2O2. The fraction of sp³-hybridized carbons (Fsp3) is 0.733. The first-order valence-electron chi connectivity index (χ1n) is 7.57. The third-order valence-corrected chi connectivity index (χ3v) is 4.21. The number of ether oxygens (including phenoxy) is 1. The molecule has 0 amide bonds. The quantitative estimate of drug-likeness (QED) is 0.787. The third-order valence-electron chi connectivity index (χ3n) is 4.21. The van der Waals surface area contributed by atoms with E-state index in [9.17, 15) is 18.0 Å². The maximum atomic E-state index is 13.1. The number of carbonyl (C=O) groups excluding carboxylic acids is 1. The minimum absolute atomic E-state index is 0.0264. The average Bonchev–Trinajstić information content (AvgIpc) is 2.82. The number of hydrogen-bond acceptors (Lipinski definition) is 3. The van der Waals surface area contributed by atoms with E-state index in [1.807, 2.05) is 6.92 Å². The molecule has 0 atom stereocenters. The van der Waals surface area contributed by atoms with E-state index in [1.165, 1.54) is 4.68 Å². The predicted octanol–water partition coefficient (Wildman–Crippen LogP) is 4.05. The van der Waals surface area contributed by atoms with Gasteiger partial charge in [0.25, 0.3) is 0 Å². The summed E-state index contributed by atoms with van der Waals surface area (Å²) in [6.07, 6.45) is 1.21. The van der Waals surface area contributed by atoms with E-state index in [0.29, 0.717) is 6.54 Å². The Morgan fingerprint density at radius 2 is 2.00 bits per heavy atom. The summed E-state index contributed by atoms with van der Waals surface area (Å²) < 4.78 is 45.2. The number of halogens is 3. The van der Waals surface area contributed by atoms with Crippen molar-refractivity contribution in [3.05, 3.63) is 17.5 Å². The highest BCUT2D eigenvalue weighted by Gasteiger charge is 2.40. The van der Waals surface area contributed by atoms with Gasteiger partial charge in [-0.05, 0) is 25.2 Å². The zero-order valence-corrected chi connectivity index (χ0v) is 12.9. The summed E-state index contributed by atoms with van der Waals surface area (Å²) >= 11 is 0. The number of rotatable bonds is 4. The van der Waals surface area contributed by atoms with Crippen LogP contribution in [0.3, 0.4) is 0 Å².